The van der Waals surface area contributed by atoms with Crippen molar-refractivity contribution in [2.24, 2.45) is 0 Å². The lowest BCUT2D eigenvalue weighted by Crippen LogP contribution is -2.46. The summed E-state index contributed by atoms with van der Waals surface area (Å²) in [6, 6.07) is 9.65. The van der Waals surface area contributed by atoms with Gasteiger partial charge in [-0.05, 0) is 48.7 Å². The third-order valence-corrected chi connectivity index (χ3v) is 6.28. The first-order valence-electron chi connectivity index (χ1n) is 10.1. The molecule has 1 aliphatic rings. The van der Waals surface area contributed by atoms with Crippen molar-refractivity contribution in [3.63, 3.8) is 0 Å². The Morgan fingerprint density at radius 1 is 1.17 bits per heavy atom. The van der Waals surface area contributed by atoms with Gasteiger partial charge in [0.15, 0.2) is 0 Å². The Labute approximate surface area is 176 Å². The van der Waals surface area contributed by atoms with E-state index in [0.29, 0.717) is 0 Å². The van der Waals surface area contributed by atoms with E-state index >= 15 is 0 Å². The van der Waals surface area contributed by atoms with Crippen molar-refractivity contribution in [1.82, 2.24) is 10.2 Å². The van der Waals surface area contributed by atoms with Crippen molar-refractivity contribution in [2.75, 3.05) is 42.9 Å². The molecule has 1 aromatic heterocycles. The molecule has 0 aliphatic carbocycles. The normalized spacial score (nSPS) is 15.8. The van der Waals surface area contributed by atoms with Gasteiger partial charge in [0.2, 0.25) is 11.8 Å². The van der Waals surface area contributed by atoms with Crippen LogP contribution in [0.15, 0.2) is 35.7 Å². The smallest absolute Gasteiger partial charge is 0.226 e. The second kappa shape index (κ2) is 9.89. The predicted octanol–water partition coefficient (Wildman–Crippen LogP) is 3.40. The second-order valence-corrected chi connectivity index (χ2v) is 8.42. The molecule has 0 saturated carbocycles. The number of nitrogens with zero attached hydrogens (tertiary/aromatic N) is 2. The standard InChI is InChI=1S/C22H30N4O2S/c1-4-25-9-11-26(12-10-25)20-8-7-18(14-16(20)2)24-22(28)15-19(23-17(3)27)21-6-5-13-29-21/h5-8,13-14,19H,4,9-12,15H2,1-3H3,(H,23,27)(H,24,28). The largest absolute Gasteiger partial charge is 0.369 e. The molecule has 1 aromatic carbocycles. The average Bonchev–Trinajstić information content (AvgIpc) is 3.22. The molecule has 3 rings (SSSR count). The van der Waals surface area contributed by atoms with Gasteiger partial charge in [0, 0.05) is 49.4 Å². The van der Waals surface area contributed by atoms with Crippen molar-refractivity contribution in [3.05, 3.63) is 46.2 Å². The SMILES string of the molecule is CCN1CCN(c2ccc(NC(=O)CC(NC(C)=O)c3cccs3)cc2C)CC1. The molecule has 156 valence electrons. The molecule has 1 fully saturated rings. The van der Waals surface area contributed by atoms with Gasteiger partial charge in [-0.3, -0.25) is 9.59 Å². The van der Waals surface area contributed by atoms with E-state index in [1.165, 1.54) is 23.9 Å². The molecular weight excluding hydrogens is 384 g/mol. The topological polar surface area (TPSA) is 64.7 Å². The fraction of sp³-hybridized carbons (Fsp3) is 0.455. The second-order valence-electron chi connectivity index (χ2n) is 7.44. The Bertz CT molecular complexity index is 829. The van der Waals surface area contributed by atoms with Crippen LogP contribution in [0.1, 0.15) is 36.8 Å². The first-order valence-corrected chi connectivity index (χ1v) is 11.0. The van der Waals surface area contributed by atoms with E-state index in [9.17, 15) is 9.59 Å². The van der Waals surface area contributed by atoms with E-state index in [-0.39, 0.29) is 24.3 Å². The summed E-state index contributed by atoms with van der Waals surface area (Å²) >= 11 is 1.54. The van der Waals surface area contributed by atoms with Crippen molar-refractivity contribution < 1.29 is 9.59 Å². The molecule has 7 heteroatoms. The lowest BCUT2D eigenvalue weighted by atomic mass is 10.1. The Kier molecular flexibility index (Phi) is 7.28. The highest BCUT2D eigenvalue weighted by atomic mass is 32.1. The Balaban J connectivity index is 1.61. The fourth-order valence-electron chi connectivity index (χ4n) is 3.75. The first kappa shape index (κ1) is 21.3. The minimum atomic E-state index is -0.303. The van der Waals surface area contributed by atoms with Crippen LogP contribution in [0.3, 0.4) is 0 Å². The number of amides is 2. The molecule has 1 unspecified atom stereocenters. The average molecular weight is 415 g/mol. The summed E-state index contributed by atoms with van der Waals surface area (Å²) in [5.74, 6) is -0.250. The maximum absolute atomic E-state index is 12.6. The monoisotopic (exact) mass is 414 g/mol. The van der Waals surface area contributed by atoms with Crippen LogP contribution in [0.5, 0.6) is 0 Å². The lowest BCUT2D eigenvalue weighted by molar-refractivity contribution is -0.120. The number of aryl methyl sites for hydroxylation is 1. The molecule has 2 aromatic rings. The van der Waals surface area contributed by atoms with Gasteiger partial charge < -0.3 is 20.4 Å². The van der Waals surface area contributed by atoms with Crippen LogP contribution >= 0.6 is 11.3 Å². The number of piperazine rings is 1. The van der Waals surface area contributed by atoms with E-state index < -0.39 is 0 Å². The maximum atomic E-state index is 12.6. The zero-order valence-electron chi connectivity index (χ0n) is 17.4. The summed E-state index contributed by atoms with van der Waals surface area (Å²) in [6.45, 7) is 11.1. The summed E-state index contributed by atoms with van der Waals surface area (Å²) in [4.78, 5) is 30.0. The third-order valence-electron chi connectivity index (χ3n) is 5.29. The van der Waals surface area contributed by atoms with Crippen LogP contribution in [0.4, 0.5) is 11.4 Å². The number of hydrogen-bond donors (Lipinski definition) is 2. The van der Waals surface area contributed by atoms with Gasteiger partial charge in [0.05, 0.1) is 12.5 Å². The summed E-state index contributed by atoms with van der Waals surface area (Å²) < 4.78 is 0. The minimum absolute atomic E-state index is 0.110. The van der Waals surface area contributed by atoms with Crippen LogP contribution in [0.2, 0.25) is 0 Å². The van der Waals surface area contributed by atoms with E-state index in [4.69, 9.17) is 0 Å². The highest BCUT2D eigenvalue weighted by Gasteiger charge is 2.20. The highest BCUT2D eigenvalue weighted by molar-refractivity contribution is 7.10. The Morgan fingerprint density at radius 2 is 1.93 bits per heavy atom. The minimum Gasteiger partial charge on any atom is -0.369 e. The molecule has 0 radical (unpaired) electrons. The van der Waals surface area contributed by atoms with Crippen molar-refractivity contribution in [1.29, 1.82) is 0 Å². The summed E-state index contributed by atoms with van der Waals surface area (Å²) in [5.41, 5.74) is 3.18. The molecule has 0 bridgehead atoms. The number of anilines is 2. The number of thiophene rings is 1. The van der Waals surface area contributed by atoms with Gasteiger partial charge in [-0.15, -0.1) is 11.3 Å². The number of carbonyl (C=O) groups is 2. The summed E-state index contributed by atoms with van der Waals surface area (Å²) in [5, 5.41) is 7.80. The number of hydrogen-bond acceptors (Lipinski definition) is 5. The highest BCUT2D eigenvalue weighted by Crippen LogP contribution is 2.26. The van der Waals surface area contributed by atoms with E-state index in [2.05, 4.69) is 40.3 Å². The zero-order chi connectivity index (χ0) is 20.8. The molecule has 2 amide bonds. The molecule has 6 nitrogen and oxygen atoms in total. The number of carbonyl (C=O) groups excluding carboxylic acids is 2. The first-order chi connectivity index (χ1) is 14.0. The summed E-state index contributed by atoms with van der Waals surface area (Å²) in [7, 11) is 0. The molecule has 2 N–H and O–H groups in total. The number of nitrogens with one attached hydrogen (secondary N) is 2. The van der Waals surface area contributed by atoms with Gasteiger partial charge in [-0.1, -0.05) is 13.0 Å². The number of benzene rings is 1. The van der Waals surface area contributed by atoms with Crippen LogP contribution in [0, 0.1) is 6.92 Å². The summed E-state index contributed by atoms with van der Waals surface area (Å²) in [6.07, 6.45) is 0.208. The molecule has 1 aliphatic heterocycles. The van der Waals surface area contributed by atoms with Crippen LogP contribution in [-0.2, 0) is 9.59 Å². The quantitative estimate of drug-likeness (QED) is 0.729. The number of rotatable bonds is 7. The Morgan fingerprint density at radius 3 is 2.52 bits per heavy atom. The van der Waals surface area contributed by atoms with E-state index in [0.717, 1.165) is 48.9 Å². The van der Waals surface area contributed by atoms with Crippen molar-refractivity contribution >= 4 is 34.5 Å². The molecule has 2 heterocycles. The van der Waals surface area contributed by atoms with E-state index in [1.807, 2.05) is 29.6 Å². The van der Waals surface area contributed by atoms with Gasteiger partial charge in [-0.2, -0.15) is 0 Å². The Hall–Kier alpha value is -2.38. The third kappa shape index (κ3) is 5.81. The fourth-order valence-corrected chi connectivity index (χ4v) is 4.53. The molecule has 1 atom stereocenters. The van der Waals surface area contributed by atoms with E-state index in [1.54, 1.807) is 0 Å². The van der Waals surface area contributed by atoms with Gasteiger partial charge in [0.1, 0.15) is 0 Å². The molecular formula is C22H30N4O2S. The zero-order valence-corrected chi connectivity index (χ0v) is 18.2. The molecule has 0 spiro atoms. The number of likely N-dealkylation sites (N-methyl/N-ethyl adjacent to an activating group) is 1. The maximum Gasteiger partial charge on any atom is 0.226 e. The van der Waals surface area contributed by atoms with Crippen molar-refractivity contribution in [3.8, 4) is 0 Å². The van der Waals surface area contributed by atoms with Crippen LogP contribution in [-0.4, -0.2) is 49.4 Å². The van der Waals surface area contributed by atoms with Gasteiger partial charge in [-0.25, -0.2) is 0 Å². The van der Waals surface area contributed by atoms with Crippen LogP contribution < -0.4 is 15.5 Å². The van der Waals surface area contributed by atoms with Gasteiger partial charge in [0.25, 0.3) is 0 Å². The van der Waals surface area contributed by atoms with Crippen molar-refractivity contribution in [2.45, 2.75) is 33.2 Å². The molecule has 29 heavy (non-hydrogen) atoms. The predicted molar refractivity (Wildman–Crippen MR) is 120 cm³/mol. The van der Waals surface area contributed by atoms with Crippen LogP contribution in [0.25, 0.3) is 0 Å². The van der Waals surface area contributed by atoms with Gasteiger partial charge >= 0.3 is 0 Å². The lowest BCUT2D eigenvalue weighted by Gasteiger charge is -2.36. The molecule has 1 saturated heterocycles.